The van der Waals surface area contributed by atoms with E-state index in [2.05, 4.69) is 0 Å². The van der Waals surface area contributed by atoms with E-state index in [0.717, 1.165) is 0 Å². The molecule has 1 saturated heterocycles. The van der Waals surface area contributed by atoms with Crippen LogP contribution in [-0.2, 0) is 9.59 Å². The van der Waals surface area contributed by atoms with Crippen molar-refractivity contribution in [3.63, 3.8) is 0 Å². The molecule has 1 aromatic rings. The van der Waals surface area contributed by atoms with Gasteiger partial charge in [0.05, 0.1) is 5.92 Å². The number of aliphatic carboxylic acids is 1. The fourth-order valence-electron chi connectivity index (χ4n) is 2.55. The molecular formula is C15H18FNO4. The first-order valence-electron chi connectivity index (χ1n) is 6.88. The van der Waals surface area contributed by atoms with Gasteiger partial charge in [-0.1, -0.05) is 12.1 Å². The number of rotatable bonds is 4. The van der Waals surface area contributed by atoms with Gasteiger partial charge in [-0.05, 0) is 31.9 Å². The van der Waals surface area contributed by atoms with E-state index in [1.165, 1.54) is 12.1 Å². The second-order valence-electron chi connectivity index (χ2n) is 5.21. The van der Waals surface area contributed by atoms with Crippen molar-refractivity contribution in [2.75, 3.05) is 13.2 Å². The van der Waals surface area contributed by atoms with Crippen LogP contribution in [0.1, 0.15) is 19.8 Å². The number of halogens is 1. The Bertz CT molecular complexity index is 534. The molecule has 0 spiro atoms. The van der Waals surface area contributed by atoms with Crippen LogP contribution in [0.3, 0.4) is 0 Å². The summed E-state index contributed by atoms with van der Waals surface area (Å²) in [6.45, 7) is 1.96. The van der Waals surface area contributed by atoms with Crippen molar-refractivity contribution in [2.24, 2.45) is 5.92 Å². The molecular weight excluding hydrogens is 277 g/mol. The lowest BCUT2D eigenvalue weighted by Gasteiger charge is -2.36. The van der Waals surface area contributed by atoms with E-state index < -0.39 is 17.7 Å². The first kappa shape index (κ1) is 15.3. The summed E-state index contributed by atoms with van der Waals surface area (Å²) >= 11 is 0. The predicted molar refractivity (Wildman–Crippen MR) is 73.4 cm³/mol. The van der Waals surface area contributed by atoms with Gasteiger partial charge in [-0.2, -0.15) is 0 Å². The maximum atomic E-state index is 13.4. The molecule has 6 heteroatoms. The average Bonchev–Trinajstić information content (AvgIpc) is 2.46. The van der Waals surface area contributed by atoms with Gasteiger partial charge in [-0.25, -0.2) is 4.39 Å². The Morgan fingerprint density at radius 2 is 2.14 bits per heavy atom. The summed E-state index contributed by atoms with van der Waals surface area (Å²) in [7, 11) is 0. The van der Waals surface area contributed by atoms with Crippen LogP contribution < -0.4 is 4.74 Å². The van der Waals surface area contributed by atoms with Crippen molar-refractivity contribution in [1.82, 2.24) is 4.90 Å². The molecule has 1 amide bonds. The predicted octanol–water partition coefficient (Wildman–Crippen LogP) is 1.92. The highest BCUT2D eigenvalue weighted by atomic mass is 19.1. The van der Waals surface area contributed by atoms with Gasteiger partial charge >= 0.3 is 5.97 Å². The van der Waals surface area contributed by atoms with Crippen molar-refractivity contribution < 1.29 is 23.8 Å². The number of para-hydroxylation sites is 1. The van der Waals surface area contributed by atoms with E-state index in [-0.39, 0.29) is 24.3 Å². The highest BCUT2D eigenvalue weighted by Gasteiger charge is 2.32. The molecule has 0 saturated carbocycles. The normalized spacial score (nSPS) is 21.9. The molecule has 1 heterocycles. The molecule has 1 aromatic carbocycles. The lowest BCUT2D eigenvalue weighted by atomic mass is 9.92. The van der Waals surface area contributed by atoms with Gasteiger partial charge in [-0.3, -0.25) is 9.59 Å². The SMILES string of the molecule is CC1CC(C(=O)O)CCN1C(=O)COc1ccccc1F. The number of carboxylic acids is 1. The molecule has 1 N–H and O–H groups in total. The largest absolute Gasteiger partial charge is 0.481 e. The third kappa shape index (κ3) is 3.71. The zero-order chi connectivity index (χ0) is 15.4. The van der Waals surface area contributed by atoms with Gasteiger partial charge in [0.15, 0.2) is 18.2 Å². The van der Waals surface area contributed by atoms with Crippen molar-refractivity contribution in [3.8, 4) is 5.75 Å². The molecule has 1 fully saturated rings. The number of piperidine rings is 1. The Hall–Kier alpha value is -2.11. The minimum Gasteiger partial charge on any atom is -0.481 e. The molecule has 2 atom stereocenters. The second kappa shape index (κ2) is 6.56. The minimum absolute atomic E-state index is 0.0407. The standard InChI is InChI=1S/C15H18FNO4/c1-10-8-11(15(19)20)6-7-17(10)14(18)9-21-13-5-3-2-4-12(13)16/h2-5,10-11H,6-9H2,1H3,(H,19,20). The Morgan fingerprint density at radius 3 is 2.76 bits per heavy atom. The molecule has 2 unspecified atom stereocenters. The molecule has 0 radical (unpaired) electrons. The number of benzene rings is 1. The van der Waals surface area contributed by atoms with E-state index in [1.807, 2.05) is 6.92 Å². The number of likely N-dealkylation sites (tertiary alicyclic amines) is 1. The smallest absolute Gasteiger partial charge is 0.306 e. The molecule has 0 aromatic heterocycles. The summed E-state index contributed by atoms with van der Waals surface area (Å²) in [6, 6.07) is 5.74. The molecule has 21 heavy (non-hydrogen) atoms. The fraction of sp³-hybridized carbons (Fsp3) is 0.467. The number of ether oxygens (including phenoxy) is 1. The van der Waals surface area contributed by atoms with Crippen LogP contribution in [0.5, 0.6) is 5.75 Å². The summed E-state index contributed by atoms with van der Waals surface area (Å²) in [5.41, 5.74) is 0. The van der Waals surface area contributed by atoms with Crippen molar-refractivity contribution >= 4 is 11.9 Å². The maximum Gasteiger partial charge on any atom is 0.306 e. The number of carbonyl (C=O) groups excluding carboxylic acids is 1. The van der Waals surface area contributed by atoms with Crippen molar-refractivity contribution in [1.29, 1.82) is 0 Å². The summed E-state index contributed by atoms with van der Waals surface area (Å²) in [5.74, 6) is -1.95. The van der Waals surface area contributed by atoms with Crippen LogP contribution in [-0.4, -0.2) is 41.1 Å². The van der Waals surface area contributed by atoms with E-state index in [0.29, 0.717) is 19.4 Å². The van der Waals surface area contributed by atoms with E-state index in [9.17, 15) is 14.0 Å². The summed E-state index contributed by atoms with van der Waals surface area (Å²) < 4.78 is 18.6. The first-order valence-corrected chi connectivity index (χ1v) is 6.88. The zero-order valence-electron chi connectivity index (χ0n) is 11.8. The van der Waals surface area contributed by atoms with Crippen LogP contribution in [0.15, 0.2) is 24.3 Å². The number of hydrogen-bond donors (Lipinski definition) is 1. The van der Waals surface area contributed by atoms with Gasteiger partial charge < -0.3 is 14.7 Å². The maximum absolute atomic E-state index is 13.4. The zero-order valence-corrected chi connectivity index (χ0v) is 11.8. The van der Waals surface area contributed by atoms with Gasteiger partial charge in [0.2, 0.25) is 0 Å². The lowest BCUT2D eigenvalue weighted by molar-refractivity contribution is -0.148. The quantitative estimate of drug-likeness (QED) is 0.921. The topological polar surface area (TPSA) is 66.8 Å². The van der Waals surface area contributed by atoms with E-state index >= 15 is 0 Å². The number of nitrogens with zero attached hydrogens (tertiary/aromatic N) is 1. The number of amides is 1. The Labute approximate surface area is 122 Å². The number of hydrogen-bond acceptors (Lipinski definition) is 3. The molecule has 1 aliphatic rings. The highest BCUT2D eigenvalue weighted by molar-refractivity contribution is 5.78. The average molecular weight is 295 g/mol. The molecule has 0 aliphatic carbocycles. The minimum atomic E-state index is -0.823. The highest BCUT2D eigenvalue weighted by Crippen LogP contribution is 2.23. The van der Waals surface area contributed by atoms with Gasteiger partial charge in [0.25, 0.3) is 5.91 Å². The summed E-state index contributed by atoms with van der Waals surface area (Å²) in [6.07, 6.45) is 0.867. The molecule has 5 nitrogen and oxygen atoms in total. The van der Waals surface area contributed by atoms with Gasteiger partial charge in [-0.15, -0.1) is 0 Å². The third-order valence-corrected chi connectivity index (χ3v) is 3.73. The number of carboxylic acid groups (broad SMARTS) is 1. The van der Waals surface area contributed by atoms with Crippen molar-refractivity contribution in [2.45, 2.75) is 25.8 Å². The molecule has 114 valence electrons. The third-order valence-electron chi connectivity index (χ3n) is 3.73. The first-order chi connectivity index (χ1) is 9.99. The Kier molecular flexibility index (Phi) is 4.77. The van der Waals surface area contributed by atoms with Crippen LogP contribution in [0.2, 0.25) is 0 Å². The fourth-order valence-corrected chi connectivity index (χ4v) is 2.55. The van der Waals surface area contributed by atoms with Gasteiger partial charge in [0.1, 0.15) is 0 Å². The van der Waals surface area contributed by atoms with Crippen LogP contribution in [0, 0.1) is 11.7 Å². The summed E-state index contributed by atoms with van der Waals surface area (Å²) in [4.78, 5) is 24.7. The lowest BCUT2D eigenvalue weighted by Crippen LogP contribution is -2.47. The van der Waals surface area contributed by atoms with Crippen LogP contribution >= 0.6 is 0 Å². The van der Waals surface area contributed by atoms with Crippen molar-refractivity contribution in [3.05, 3.63) is 30.1 Å². The summed E-state index contributed by atoms with van der Waals surface area (Å²) in [5, 5.41) is 8.99. The van der Waals surface area contributed by atoms with E-state index in [4.69, 9.17) is 9.84 Å². The van der Waals surface area contributed by atoms with Crippen LogP contribution in [0.4, 0.5) is 4.39 Å². The number of carbonyl (C=O) groups is 2. The molecule has 2 rings (SSSR count). The van der Waals surface area contributed by atoms with Gasteiger partial charge in [0, 0.05) is 12.6 Å². The van der Waals surface area contributed by atoms with Crippen LogP contribution in [0.25, 0.3) is 0 Å². The monoisotopic (exact) mass is 295 g/mol. The van der Waals surface area contributed by atoms with E-state index in [1.54, 1.807) is 17.0 Å². The second-order valence-corrected chi connectivity index (χ2v) is 5.21. The molecule has 0 bridgehead atoms. The Morgan fingerprint density at radius 1 is 1.43 bits per heavy atom. The Balaban J connectivity index is 1.89. The molecule has 1 aliphatic heterocycles.